The molecule has 0 aliphatic carbocycles. The SMILES string of the molecule is CCCCCCCCC(CCl)(CCCCCCCC)CCCCCCCC. The van der Waals surface area contributed by atoms with Gasteiger partial charge in [0.2, 0.25) is 0 Å². The molecule has 0 N–H and O–H groups in total. The first-order valence-corrected chi connectivity index (χ1v) is 13.3. The Labute approximate surface area is 178 Å². The van der Waals surface area contributed by atoms with E-state index < -0.39 is 0 Å². The maximum atomic E-state index is 6.61. The molecule has 0 saturated carbocycles. The summed E-state index contributed by atoms with van der Waals surface area (Å²) >= 11 is 6.61. The first-order valence-electron chi connectivity index (χ1n) is 12.8. The fourth-order valence-corrected chi connectivity index (χ4v) is 4.82. The predicted octanol–water partition coefficient (Wildman–Crippen LogP) is 10.5. The normalized spacial score (nSPS) is 12.0. The molecule has 0 aliphatic rings. The minimum Gasteiger partial charge on any atom is -0.126 e. The van der Waals surface area contributed by atoms with Crippen LogP contribution in [0.25, 0.3) is 0 Å². The van der Waals surface area contributed by atoms with Crippen LogP contribution in [0, 0.1) is 5.41 Å². The van der Waals surface area contributed by atoms with Crippen molar-refractivity contribution >= 4 is 11.6 Å². The monoisotopic (exact) mass is 400 g/mol. The van der Waals surface area contributed by atoms with E-state index in [2.05, 4.69) is 20.8 Å². The zero-order valence-electron chi connectivity index (χ0n) is 19.4. The molecule has 0 atom stereocenters. The van der Waals surface area contributed by atoms with Gasteiger partial charge in [0.15, 0.2) is 0 Å². The largest absolute Gasteiger partial charge is 0.126 e. The number of rotatable bonds is 22. The molecule has 0 heterocycles. The van der Waals surface area contributed by atoms with E-state index in [4.69, 9.17) is 11.6 Å². The number of halogens is 1. The third kappa shape index (κ3) is 16.9. The maximum absolute atomic E-state index is 6.61. The standard InChI is InChI=1S/C26H53Cl/c1-4-7-10-13-16-19-22-26(25-27,23-20-17-14-11-8-5-2)24-21-18-15-12-9-6-3/h4-25H2,1-3H3. The molecule has 0 aromatic carbocycles. The van der Waals surface area contributed by atoms with Crippen LogP contribution in [0.4, 0.5) is 0 Å². The molecular formula is C26H53Cl. The lowest BCUT2D eigenvalue weighted by Crippen LogP contribution is -2.23. The van der Waals surface area contributed by atoms with Crippen LogP contribution in [-0.4, -0.2) is 5.88 Å². The Morgan fingerprint density at radius 3 is 0.926 bits per heavy atom. The van der Waals surface area contributed by atoms with Crippen molar-refractivity contribution < 1.29 is 0 Å². The molecule has 0 unspecified atom stereocenters. The van der Waals surface area contributed by atoms with Gasteiger partial charge in [0.1, 0.15) is 0 Å². The second-order valence-corrected chi connectivity index (χ2v) is 9.45. The average molecular weight is 401 g/mol. The lowest BCUT2D eigenvalue weighted by Gasteiger charge is -2.32. The van der Waals surface area contributed by atoms with Gasteiger partial charge in [-0.15, -0.1) is 11.6 Å². The molecule has 0 saturated heterocycles. The quantitative estimate of drug-likeness (QED) is 0.125. The molecule has 164 valence electrons. The molecule has 0 aromatic heterocycles. The molecule has 0 amide bonds. The molecule has 0 aromatic rings. The van der Waals surface area contributed by atoms with Crippen molar-refractivity contribution in [3.05, 3.63) is 0 Å². The highest BCUT2D eigenvalue weighted by Gasteiger charge is 2.27. The van der Waals surface area contributed by atoms with Crippen molar-refractivity contribution in [2.24, 2.45) is 5.41 Å². The maximum Gasteiger partial charge on any atom is 0.0279 e. The van der Waals surface area contributed by atoms with Crippen LogP contribution in [0.5, 0.6) is 0 Å². The summed E-state index contributed by atoms with van der Waals surface area (Å²) in [6.45, 7) is 6.92. The Morgan fingerprint density at radius 2 is 0.667 bits per heavy atom. The molecule has 27 heavy (non-hydrogen) atoms. The van der Waals surface area contributed by atoms with E-state index >= 15 is 0 Å². The van der Waals surface area contributed by atoms with Crippen LogP contribution in [-0.2, 0) is 0 Å². The van der Waals surface area contributed by atoms with Crippen molar-refractivity contribution in [1.29, 1.82) is 0 Å². The Kier molecular flexibility index (Phi) is 21.2. The van der Waals surface area contributed by atoms with Crippen molar-refractivity contribution in [2.45, 2.75) is 156 Å². The minimum atomic E-state index is 0.446. The zero-order valence-corrected chi connectivity index (χ0v) is 20.2. The fraction of sp³-hybridized carbons (Fsp3) is 1.00. The van der Waals surface area contributed by atoms with Gasteiger partial charge in [0.05, 0.1) is 0 Å². The molecule has 0 spiro atoms. The summed E-state index contributed by atoms with van der Waals surface area (Å²) in [6.07, 6.45) is 29.5. The second-order valence-electron chi connectivity index (χ2n) is 9.19. The van der Waals surface area contributed by atoms with Gasteiger partial charge in [-0.25, -0.2) is 0 Å². The first-order chi connectivity index (χ1) is 13.2. The van der Waals surface area contributed by atoms with Crippen LogP contribution in [0.3, 0.4) is 0 Å². The van der Waals surface area contributed by atoms with Crippen molar-refractivity contribution in [1.82, 2.24) is 0 Å². The van der Waals surface area contributed by atoms with Crippen LogP contribution in [0.2, 0.25) is 0 Å². The Morgan fingerprint density at radius 1 is 0.407 bits per heavy atom. The van der Waals surface area contributed by atoms with Gasteiger partial charge in [-0.2, -0.15) is 0 Å². The van der Waals surface area contributed by atoms with Gasteiger partial charge in [0, 0.05) is 5.88 Å². The second kappa shape index (κ2) is 21.0. The molecule has 0 bridgehead atoms. The van der Waals surface area contributed by atoms with Crippen LogP contribution < -0.4 is 0 Å². The number of unbranched alkanes of at least 4 members (excludes halogenated alkanes) is 15. The van der Waals surface area contributed by atoms with E-state index in [1.165, 1.54) is 135 Å². The molecule has 0 fully saturated rings. The Bertz CT molecular complexity index is 233. The van der Waals surface area contributed by atoms with Crippen LogP contribution >= 0.6 is 11.6 Å². The zero-order chi connectivity index (χ0) is 20.1. The molecule has 0 radical (unpaired) electrons. The Hall–Kier alpha value is 0.290. The summed E-state index contributed by atoms with van der Waals surface area (Å²) in [4.78, 5) is 0. The van der Waals surface area contributed by atoms with Gasteiger partial charge in [-0.05, 0) is 24.7 Å². The van der Waals surface area contributed by atoms with Crippen molar-refractivity contribution in [2.75, 3.05) is 5.88 Å². The van der Waals surface area contributed by atoms with Crippen molar-refractivity contribution in [3.8, 4) is 0 Å². The topological polar surface area (TPSA) is 0 Å². The van der Waals surface area contributed by atoms with Gasteiger partial charge in [0.25, 0.3) is 0 Å². The van der Waals surface area contributed by atoms with Crippen LogP contribution in [0.15, 0.2) is 0 Å². The highest BCUT2D eigenvalue weighted by molar-refractivity contribution is 6.18. The Balaban J connectivity index is 4.23. The summed E-state index contributed by atoms with van der Waals surface area (Å²) < 4.78 is 0. The van der Waals surface area contributed by atoms with E-state index in [1.807, 2.05) is 0 Å². The summed E-state index contributed by atoms with van der Waals surface area (Å²) in [5, 5.41) is 0. The lowest BCUT2D eigenvalue weighted by molar-refractivity contribution is 0.227. The van der Waals surface area contributed by atoms with Gasteiger partial charge < -0.3 is 0 Å². The fourth-order valence-electron chi connectivity index (χ4n) is 4.42. The van der Waals surface area contributed by atoms with Gasteiger partial charge in [-0.3, -0.25) is 0 Å². The highest BCUT2D eigenvalue weighted by Crippen LogP contribution is 2.38. The summed E-state index contributed by atoms with van der Waals surface area (Å²) in [5.41, 5.74) is 0.446. The molecule has 0 nitrogen and oxygen atoms in total. The molecule has 0 aliphatic heterocycles. The summed E-state index contributed by atoms with van der Waals surface area (Å²) in [5.74, 6) is 0.895. The summed E-state index contributed by atoms with van der Waals surface area (Å²) in [7, 11) is 0. The average Bonchev–Trinajstić information content (AvgIpc) is 2.69. The number of alkyl halides is 1. The number of hydrogen-bond donors (Lipinski definition) is 0. The van der Waals surface area contributed by atoms with E-state index in [0.717, 1.165) is 5.88 Å². The van der Waals surface area contributed by atoms with Crippen LogP contribution in [0.1, 0.15) is 156 Å². The third-order valence-electron chi connectivity index (χ3n) is 6.47. The predicted molar refractivity (Wildman–Crippen MR) is 127 cm³/mol. The third-order valence-corrected chi connectivity index (χ3v) is 7.03. The molecular weight excluding hydrogens is 348 g/mol. The van der Waals surface area contributed by atoms with Gasteiger partial charge in [-0.1, -0.05) is 136 Å². The minimum absolute atomic E-state index is 0.446. The first kappa shape index (κ1) is 27.3. The van der Waals surface area contributed by atoms with E-state index in [0.29, 0.717) is 5.41 Å². The van der Waals surface area contributed by atoms with Crippen molar-refractivity contribution in [3.63, 3.8) is 0 Å². The highest BCUT2D eigenvalue weighted by atomic mass is 35.5. The lowest BCUT2D eigenvalue weighted by atomic mass is 9.75. The van der Waals surface area contributed by atoms with Gasteiger partial charge >= 0.3 is 0 Å². The smallest absolute Gasteiger partial charge is 0.0279 e. The van der Waals surface area contributed by atoms with E-state index in [-0.39, 0.29) is 0 Å². The number of hydrogen-bond acceptors (Lipinski definition) is 0. The molecule has 1 heteroatoms. The van der Waals surface area contributed by atoms with E-state index in [9.17, 15) is 0 Å². The summed E-state index contributed by atoms with van der Waals surface area (Å²) in [6, 6.07) is 0. The van der Waals surface area contributed by atoms with E-state index in [1.54, 1.807) is 0 Å². The molecule has 0 rings (SSSR count).